The lowest BCUT2D eigenvalue weighted by Gasteiger charge is -2.31. The number of ketones is 1. The molecule has 0 heterocycles. The molecule has 2 atom stereocenters. The van der Waals surface area contributed by atoms with Crippen molar-refractivity contribution in [2.24, 2.45) is 5.16 Å². The fourth-order valence-electron chi connectivity index (χ4n) is 2.17. The van der Waals surface area contributed by atoms with Crippen LogP contribution in [0.4, 0.5) is 5.69 Å². The van der Waals surface area contributed by atoms with Crippen LogP contribution in [0.2, 0.25) is 0 Å². The van der Waals surface area contributed by atoms with Gasteiger partial charge in [0, 0.05) is 12.1 Å². The van der Waals surface area contributed by atoms with Crippen molar-refractivity contribution < 1.29 is 22.4 Å². The number of hydrogen-bond acceptors (Lipinski definition) is 7. The number of alkyl halides is 2. The third-order valence-electron chi connectivity index (χ3n) is 3.46. The van der Waals surface area contributed by atoms with Crippen molar-refractivity contribution >= 4 is 59.2 Å². The lowest BCUT2D eigenvalue weighted by atomic mass is 9.88. The Labute approximate surface area is 160 Å². The molecule has 0 fully saturated rings. The maximum absolute atomic E-state index is 12.2. The first kappa shape index (κ1) is 19.7. The molecule has 1 aromatic rings. The molecular formula is C14H12Br2N2O6S. The van der Waals surface area contributed by atoms with Crippen LogP contribution in [-0.2, 0) is 19.2 Å². The highest BCUT2D eigenvalue weighted by molar-refractivity contribution is 9.13. The first-order chi connectivity index (χ1) is 11.5. The van der Waals surface area contributed by atoms with E-state index in [4.69, 9.17) is 4.28 Å². The molecule has 134 valence electrons. The molecule has 0 aromatic heterocycles. The number of nitro groups is 1. The summed E-state index contributed by atoms with van der Waals surface area (Å²) < 4.78 is 28.2. The Hall–Kier alpha value is -1.59. The zero-order valence-corrected chi connectivity index (χ0v) is 17.0. The van der Waals surface area contributed by atoms with Crippen LogP contribution in [0.15, 0.2) is 46.0 Å². The lowest BCUT2D eigenvalue weighted by Crippen LogP contribution is -2.46. The van der Waals surface area contributed by atoms with Gasteiger partial charge in [-0.05, 0) is 31.6 Å². The van der Waals surface area contributed by atoms with Crippen molar-refractivity contribution in [3.8, 4) is 0 Å². The number of nitro benzene ring substituents is 1. The topological polar surface area (TPSA) is 116 Å². The predicted octanol–water partition coefficient (Wildman–Crippen LogP) is 3.10. The van der Waals surface area contributed by atoms with Crippen molar-refractivity contribution in [3.63, 3.8) is 0 Å². The number of carbonyl (C=O) groups is 1. The van der Waals surface area contributed by atoms with Crippen LogP contribution in [0.5, 0.6) is 0 Å². The van der Waals surface area contributed by atoms with Crippen LogP contribution in [-0.4, -0.2) is 34.0 Å². The first-order valence-corrected chi connectivity index (χ1v) is 9.90. The fourth-order valence-corrected chi connectivity index (χ4v) is 3.90. The molecule has 25 heavy (non-hydrogen) atoms. The highest BCUT2D eigenvalue weighted by Gasteiger charge is 2.44. The molecule has 0 N–H and O–H groups in total. The van der Waals surface area contributed by atoms with Gasteiger partial charge in [-0.3, -0.25) is 19.2 Å². The summed E-state index contributed by atoms with van der Waals surface area (Å²) in [6.07, 6.45) is 1.32. The average molecular weight is 496 g/mol. The number of halogens is 2. The molecule has 11 heteroatoms. The van der Waals surface area contributed by atoms with Gasteiger partial charge in [-0.1, -0.05) is 43.1 Å². The SMILES string of the molecule is CC1=CC(=O)C(Br)C(C)(Br)/C1=N/OS(=O)(=O)c1cccc([N+](=O)[O-])c1. The molecule has 0 radical (unpaired) electrons. The van der Waals surface area contributed by atoms with Crippen molar-refractivity contribution in [3.05, 3.63) is 46.0 Å². The van der Waals surface area contributed by atoms with E-state index in [0.29, 0.717) is 5.57 Å². The van der Waals surface area contributed by atoms with E-state index < -0.39 is 29.1 Å². The zero-order valence-electron chi connectivity index (χ0n) is 13.0. The molecule has 1 aromatic carbocycles. The van der Waals surface area contributed by atoms with Gasteiger partial charge in [0.1, 0.15) is 10.6 Å². The molecule has 0 spiro atoms. The minimum Gasteiger partial charge on any atom is -0.294 e. The number of hydrogen-bond donors (Lipinski definition) is 0. The molecule has 2 rings (SSSR count). The van der Waals surface area contributed by atoms with Crippen molar-refractivity contribution in [2.75, 3.05) is 0 Å². The van der Waals surface area contributed by atoms with Gasteiger partial charge >= 0.3 is 10.1 Å². The summed E-state index contributed by atoms with van der Waals surface area (Å²) in [6.45, 7) is 3.24. The van der Waals surface area contributed by atoms with Crippen LogP contribution in [0.1, 0.15) is 13.8 Å². The molecule has 1 aliphatic carbocycles. The summed E-state index contributed by atoms with van der Waals surface area (Å²) in [7, 11) is -4.36. The summed E-state index contributed by atoms with van der Waals surface area (Å²) in [5.74, 6) is -0.197. The summed E-state index contributed by atoms with van der Waals surface area (Å²) in [5, 5.41) is 14.5. The minimum atomic E-state index is -4.36. The third kappa shape index (κ3) is 3.98. The highest BCUT2D eigenvalue weighted by atomic mass is 79.9. The second kappa shape index (κ2) is 6.96. The quantitative estimate of drug-likeness (QED) is 0.360. The van der Waals surface area contributed by atoms with Crippen LogP contribution in [0.25, 0.3) is 0 Å². The molecular weight excluding hydrogens is 484 g/mol. The van der Waals surface area contributed by atoms with E-state index in [-0.39, 0.29) is 17.2 Å². The number of benzene rings is 1. The molecule has 0 saturated carbocycles. The second-order valence-corrected chi connectivity index (χ2v) is 9.48. The Kier molecular flexibility index (Phi) is 5.50. The predicted molar refractivity (Wildman–Crippen MR) is 97.6 cm³/mol. The van der Waals surface area contributed by atoms with Gasteiger partial charge in [-0.15, -0.1) is 0 Å². The van der Waals surface area contributed by atoms with Crippen molar-refractivity contribution in [1.29, 1.82) is 0 Å². The molecule has 0 saturated heterocycles. The van der Waals surface area contributed by atoms with Gasteiger partial charge in [-0.2, -0.15) is 8.42 Å². The van der Waals surface area contributed by atoms with E-state index >= 15 is 0 Å². The molecule has 0 bridgehead atoms. The standard InChI is InChI=1S/C14H12Br2N2O6S/c1-8-6-11(19)12(15)14(2,16)13(8)17-24-25(22,23)10-5-3-4-9(7-10)18(20)21/h3-7,12H,1-2H3/b17-13+. The van der Waals surface area contributed by atoms with Crippen LogP contribution in [0, 0.1) is 10.1 Å². The molecule has 1 aliphatic rings. The molecule has 2 unspecified atom stereocenters. The van der Waals surface area contributed by atoms with E-state index in [1.54, 1.807) is 13.8 Å². The zero-order chi connectivity index (χ0) is 19.0. The number of oxime groups is 1. The highest BCUT2D eigenvalue weighted by Crippen LogP contribution is 2.37. The van der Waals surface area contributed by atoms with Gasteiger partial charge in [0.25, 0.3) is 5.69 Å². The van der Waals surface area contributed by atoms with Gasteiger partial charge < -0.3 is 0 Å². The van der Waals surface area contributed by atoms with E-state index in [1.165, 1.54) is 12.1 Å². The molecule has 0 aliphatic heterocycles. The van der Waals surface area contributed by atoms with Gasteiger partial charge in [0.05, 0.1) is 14.1 Å². The second-order valence-electron chi connectivity index (χ2n) is 5.39. The molecule has 8 nitrogen and oxygen atoms in total. The number of carbonyl (C=O) groups excluding carboxylic acids is 1. The number of non-ortho nitro benzene ring substituents is 1. The summed E-state index contributed by atoms with van der Waals surface area (Å²) in [4.78, 5) is 20.9. The third-order valence-corrected chi connectivity index (χ3v) is 7.38. The summed E-state index contributed by atoms with van der Waals surface area (Å²) >= 11 is 6.59. The van der Waals surface area contributed by atoms with Crippen molar-refractivity contribution in [1.82, 2.24) is 0 Å². The smallest absolute Gasteiger partial charge is 0.294 e. The van der Waals surface area contributed by atoms with E-state index in [9.17, 15) is 23.3 Å². The van der Waals surface area contributed by atoms with Gasteiger partial charge in [-0.25, -0.2) is 0 Å². The van der Waals surface area contributed by atoms with Gasteiger partial charge in [0.15, 0.2) is 5.78 Å². The Balaban J connectivity index is 2.40. The van der Waals surface area contributed by atoms with Crippen LogP contribution in [0.3, 0.4) is 0 Å². The minimum absolute atomic E-state index is 0.197. The monoisotopic (exact) mass is 494 g/mol. The normalized spacial score (nSPS) is 25.6. The lowest BCUT2D eigenvalue weighted by molar-refractivity contribution is -0.385. The molecule has 0 amide bonds. The van der Waals surface area contributed by atoms with E-state index in [2.05, 4.69) is 37.0 Å². The average Bonchev–Trinajstić information content (AvgIpc) is 2.52. The number of nitrogens with zero attached hydrogens (tertiary/aromatic N) is 2. The maximum Gasteiger partial charge on any atom is 0.358 e. The number of allylic oxidation sites excluding steroid dienone is 2. The first-order valence-electron chi connectivity index (χ1n) is 6.79. The van der Waals surface area contributed by atoms with Crippen molar-refractivity contribution in [2.45, 2.75) is 27.9 Å². The van der Waals surface area contributed by atoms with E-state index in [1.807, 2.05) is 0 Å². The Morgan fingerprint density at radius 1 is 1.40 bits per heavy atom. The van der Waals surface area contributed by atoms with E-state index in [0.717, 1.165) is 18.2 Å². The summed E-state index contributed by atoms with van der Waals surface area (Å²) in [6, 6.07) is 4.43. The number of rotatable bonds is 4. The Morgan fingerprint density at radius 2 is 2.04 bits per heavy atom. The largest absolute Gasteiger partial charge is 0.358 e. The van der Waals surface area contributed by atoms with Crippen LogP contribution < -0.4 is 0 Å². The fraction of sp³-hybridized carbons (Fsp3) is 0.286. The van der Waals surface area contributed by atoms with Gasteiger partial charge in [0.2, 0.25) is 0 Å². The Morgan fingerprint density at radius 3 is 2.64 bits per heavy atom. The van der Waals surface area contributed by atoms with Crippen LogP contribution >= 0.6 is 31.9 Å². The summed E-state index contributed by atoms with van der Waals surface area (Å²) in [5.41, 5.74) is 0.264. The Bertz CT molecular complexity index is 908. The maximum atomic E-state index is 12.2.